The van der Waals surface area contributed by atoms with Gasteiger partial charge in [0.1, 0.15) is 0 Å². The van der Waals surface area contributed by atoms with Gasteiger partial charge in [-0.1, -0.05) is 13.8 Å². The highest BCUT2D eigenvalue weighted by atomic mass is 32.1. The Morgan fingerprint density at radius 3 is 2.62 bits per heavy atom. The molecule has 0 spiro atoms. The Morgan fingerprint density at radius 1 is 1.44 bits per heavy atom. The molecule has 92 valence electrons. The number of thiazole rings is 1. The molecular formula is C12H23N3S. The Labute approximate surface area is 103 Å². The van der Waals surface area contributed by atoms with Gasteiger partial charge < -0.3 is 10.2 Å². The van der Waals surface area contributed by atoms with Gasteiger partial charge in [-0.2, -0.15) is 0 Å². The van der Waals surface area contributed by atoms with E-state index < -0.39 is 0 Å². The number of anilines is 1. The van der Waals surface area contributed by atoms with E-state index in [1.807, 2.05) is 7.05 Å². The lowest BCUT2D eigenvalue weighted by atomic mass is 10.2. The summed E-state index contributed by atoms with van der Waals surface area (Å²) in [5.74, 6) is 0.675. The van der Waals surface area contributed by atoms with Gasteiger partial charge in [-0.3, -0.25) is 0 Å². The van der Waals surface area contributed by atoms with Gasteiger partial charge in [0.2, 0.25) is 0 Å². The number of rotatable bonds is 6. The van der Waals surface area contributed by atoms with E-state index >= 15 is 0 Å². The molecule has 1 heterocycles. The minimum absolute atomic E-state index is 0.336. The summed E-state index contributed by atoms with van der Waals surface area (Å²) < 4.78 is 0. The fraction of sp³-hybridized carbons (Fsp3) is 0.750. The molecule has 1 aromatic heterocycles. The van der Waals surface area contributed by atoms with Crippen LogP contribution in [-0.4, -0.2) is 25.1 Å². The second kappa shape index (κ2) is 6.21. The van der Waals surface area contributed by atoms with Crippen molar-refractivity contribution in [1.29, 1.82) is 0 Å². The van der Waals surface area contributed by atoms with Gasteiger partial charge in [0.25, 0.3) is 0 Å². The smallest absolute Gasteiger partial charge is 0.185 e. The molecule has 0 aliphatic heterocycles. The largest absolute Gasteiger partial charge is 0.348 e. The third-order valence-corrected chi connectivity index (χ3v) is 3.54. The molecule has 1 rings (SSSR count). The van der Waals surface area contributed by atoms with Crippen molar-refractivity contribution in [3.63, 3.8) is 0 Å². The summed E-state index contributed by atoms with van der Waals surface area (Å²) in [6.45, 7) is 10.9. The number of nitrogens with zero attached hydrogens (tertiary/aromatic N) is 2. The van der Waals surface area contributed by atoms with Crippen molar-refractivity contribution in [2.24, 2.45) is 5.92 Å². The van der Waals surface area contributed by atoms with E-state index in [-0.39, 0.29) is 0 Å². The van der Waals surface area contributed by atoms with Gasteiger partial charge in [-0.05, 0) is 26.8 Å². The maximum atomic E-state index is 4.69. The predicted octanol–water partition coefficient (Wildman–Crippen LogP) is 2.91. The van der Waals surface area contributed by atoms with Crippen molar-refractivity contribution >= 4 is 16.5 Å². The average Bonchev–Trinajstić information content (AvgIpc) is 2.73. The normalized spacial score (nSPS) is 13.1. The molecule has 1 N–H and O–H groups in total. The zero-order valence-corrected chi connectivity index (χ0v) is 11.8. The molecule has 0 bridgehead atoms. The van der Waals surface area contributed by atoms with Crippen molar-refractivity contribution in [3.8, 4) is 0 Å². The molecule has 1 aromatic rings. The molecular weight excluding hydrogens is 218 g/mol. The van der Waals surface area contributed by atoms with E-state index in [2.05, 4.69) is 48.3 Å². The average molecular weight is 241 g/mol. The molecule has 4 heteroatoms. The Bertz CT molecular complexity index is 309. The molecule has 0 aliphatic carbocycles. The second-order valence-electron chi connectivity index (χ2n) is 4.50. The van der Waals surface area contributed by atoms with Gasteiger partial charge in [-0.25, -0.2) is 4.98 Å². The topological polar surface area (TPSA) is 28.2 Å². The SMILES string of the molecule is CCN(CC(C)C)c1nc(C(C)NC)cs1. The zero-order valence-electron chi connectivity index (χ0n) is 10.9. The minimum Gasteiger partial charge on any atom is -0.348 e. The van der Waals surface area contributed by atoms with Crippen LogP contribution in [0.1, 0.15) is 39.4 Å². The fourth-order valence-corrected chi connectivity index (χ4v) is 2.55. The maximum Gasteiger partial charge on any atom is 0.185 e. The molecule has 1 atom stereocenters. The second-order valence-corrected chi connectivity index (χ2v) is 5.33. The Morgan fingerprint density at radius 2 is 2.12 bits per heavy atom. The van der Waals surface area contributed by atoms with Gasteiger partial charge in [0.15, 0.2) is 5.13 Å². The summed E-state index contributed by atoms with van der Waals surface area (Å²) >= 11 is 1.74. The van der Waals surface area contributed by atoms with Gasteiger partial charge in [-0.15, -0.1) is 11.3 Å². The third kappa shape index (κ3) is 3.46. The number of hydrogen-bond donors (Lipinski definition) is 1. The van der Waals surface area contributed by atoms with Crippen LogP contribution >= 0.6 is 11.3 Å². The molecule has 0 aliphatic rings. The first-order valence-corrected chi connectivity index (χ1v) is 6.84. The first-order valence-electron chi connectivity index (χ1n) is 5.96. The summed E-state index contributed by atoms with van der Waals surface area (Å²) in [7, 11) is 1.97. The first-order chi connectivity index (χ1) is 7.58. The van der Waals surface area contributed by atoms with E-state index in [0.717, 1.165) is 23.9 Å². The third-order valence-electron chi connectivity index (χ3n) is 2.62. The summed E-state index contributed by atoms with van der Waals surface area (Å²) in [5.41, 5.74) is 1.14. The summed E-state index contributed by atoms with van der Waals surface area (Å²) in [5, 5.41) is 6.52. The Balaban J connectivity index is 2.74. The molecule has 0 saturated heterocycles. The summed E-state index contributed by atoms with van der Waals surface area (Å²) in [4.78, 5) is 7.04. The standard InChI is InChI=1S/C12H23N3S/c1-6-15(7-9(2)3)12-14-11(8-16-12)10(4)13-5/h8-10,13H,6-7H2,1-5H3. The summed E-state index contributed by atoms with van der Waals surface area (Å²) in [6.07, 6.45) is 0. The van der Waals surface area contributed by atoms with Gasteiger partial charge >= 0.3 is 0 Å². The quantitative estimate of drug-likeness (QED) is 0.830. The highest BCUT2D eigenvalue weighted by Crippen LogP contribution is 2.24. The lowest BCUT2D eigenvalue weighted by Crippen LogP contribution is -2.27. The maximum absolute atomic E-state index is 4.69. The van der Waals surface area contributed by atoms with E-state index in [0.29, 0.717) is 12.0 Å². The van der Waals surface area contributed by atoms with Crippen LogP contribution in [0.15, 0.2) is 5.38 Å². The van der Waals surface area contributed by atoms with Gasteiger partial charge in [0.05, 0.1) is 5.69 Å². The van der Waals surface area contributed by atoms with Crippen LogP contribution in [0.25, 0.3) is 0 Å². The van der Waals surface area contributed by atoms with Crippen LogP contribution in [-0.2, 0) is 0 Å². The molecule has 16 heavy (non-hydrogen) atoms. The predicted molar refractivity (Wildman–Crippen MR) is 72.3 cm³/mol. The molecule has 0 amide bonds. The van der Waals surface area contributed by atoms with Crippen LogP contribution in [0, 0.1) is 5.92 Å². The lowest BCUT2D eigenvalue weighted by molar-refractivity contribution is 0.611. The molecule has 0 radical (unpaired) electrons. The van der Waals surface area contributed by atoms with Crippen molar-refractivity contribution in [3.05, 3.63) is 11.1 Å². The van der Waals surface area contributed by atoms with Crippen LogP contribution in [0.2, 0.25) is 0 Å². The number of hydrogen-bond acceptors (Lipinski definition) is 4. The van der Waals surface area contributed by atoms with Gasteiger partial charge in [0, 0.05) is 24.5 Å². The first kappa shape index (κ1) is 13.5. The van der Waals surface area contributed by atoms with Crippen LogP contribution in [0.3, 0.4) is 0 Å². The van der Waals surface area contributed by atoms with E-state index in [9.17, 15) is 0 Å². The van der Waals surface area contributed by atoms with E-state index in [1.165, 1.54) is 0 Å². The van der Waals surface area contributed by atoms with Crippen molar-refractivity contribution in [1.82, 2.24) is 10.3 Å². The van der Waals surface area contributed by atoms with E-state index in [1.54, 1.807) is 11.3 Å². The summed E-state index contributed by atoms with van der Waals surface area (Å²) in [6, 6.07) is 0.336. The molecule has 0 fully saturated rings. The van der Waals surface area contributed by atoms with Crippen molar-refractivity contribution in [2.75, 3.05) is 25.0 Å². The monoisotopic (exact) mass is 241 g/mol. The fourth-order valence-electron chi connectivity index (χ4n) is 1.55. The molecule has 3 nitrogen and oxygen atoms in total. The lowest BCUT2D eigenvalue weighted by Gasteiger charge is -2.21. The zero-order chi connectivity index (χ0) is 12.1. The van der Waals surface area contributed by atoms with E-state index in [4.69, 9.17) is 0 Å². The van der Waals surface area contributed by atoms with Crippen LogP contribution < -0.4 is 10.2 Å². The Hall–Kier alpha value is -0.610. The van der Waals surface area contributed by atoms with Crippen LogP contribution in [0.4, 0.5) is 5.13 Å². The highest BCUT2D eigenvalue weighted by Gasteiger charge is 2.13. The Kier molecular flexibility index (Phi) is 5.22. The number of aromatic nitrogens is 1. The molecule has 0 saturated carbocycles. The minimum atomic E-state index is 0.336. The number of nitrogens with one attached hydrogen (secondary N) is 1. The molecule has 0 aromatic carbocycles. The van der Waals surface area contributed by atoms with Crippen molar-refractivity contribution < 1.29 is 0 Å². The highest BCUT2D eigenvalue weighted by molar-refractivity contribution is 7.13. The van der Waals surface area contributed by atoms with Crippen LogP contribution in [0.5, 0.6) is 0 Å². The van der Waals surface area contributed by atoms with Crippen molar-refractivity contribution in [2.45, 2.75) is 33.7 Å². The molecule has 1 unspecified atom stereocenters.